The molecule has 0 aliphatic heterocycles. The topological polar surface area (TPSA) is 79.5 Å². The molecule has 0 heterocycles. The molecule has 0 unspecified atom stereocenters. The molecule has 5 nitrogen and oxygen atoms in total. The van der Waals surface area contributed by atoms with Crippen LogP contribution in [0, 0.1) is 18.3 Å². The summed E-state index contributed by atoms with van der Waals surface area (Å²) in [5.74, 6) is 0.165. The third-order valence-electron chi connectivity index (χ3n) is 4.74. The first kappa shape index (κ1) is 23.1. The number of benzene rings is 3. The summed E-state index contributed by atoms with van der Waals surface area (Å²) < 4.78 is 12.5. The molecule has 3 rings (SSSR count). The Hall–Kier alpha value is -3.56. The predicted molar refractivity (Wildman–Crippen MR) is 128 cm³/mol. The fraction of sp³-hybridized carbons (Fsp3) is 0.154. The zero-order chi connectivity index (χ0) is 23.1. The van der Waals surface area contributed by atoms with Crippen LogP contribution in [0.4, 0.5) is 0 Å². The molecule has 0 aliphatic carbocycles. The van der Waals surface area contributed by atoms with Gasteiger partial charge in [0.25, 0.3) is 0 Å². The molecule has 0 spiro atoms. The summed E-state index contributed by atoms with van der Waals surface area (Å²) in [6.07, 6.45) is 1.73. The highest BCUT2D eigenvalue weighted by Crippen LogP contribution is 2.36. The van der Waals surface area contributed by atoms with E-state index in [4.69, 9.17) is 14.6 Å². The number of hydrogen-bond donors (Lipinski definition) is 1. The Labute approximate surface area is 195 Å². The molecule has 0 atom stereocenters. The highest BCUT2D eigenvalue weighted by Gasteiger charge is 2.12. The maximum absolute atomic E-state index is 11.1. The van der Waals surface area contributed by atoms with E-state index in [2.05, 4.69) is 22.0 Å². The maximum Gasteiger partial charge on any atom is 0.335 e. The Kier molecular flexibility index (Phi) is 7.69. The molecule has 32 heavy (non-hydrogen) atoms. The number of nitriles is 1. The lowest BCUT2D eigenvalue weighted by molar-refractivity contribution is 0.0697. The van der Waals surface area contributed by atoms with Gasteiger partial charge in [0.05, 0.1) is 23.8 Å². The third-order valence-corrected chi connectivity index (χ3v) is 5.43. The zero-order valence-electron chi connectivity index (χ0n) is 17.8. The summed E-state index contributed by atoms with van der Waals surface area (Å²) >= 11 is 3.56. The Bertz CT molecular complexity index is 1180. The van der Waals surface area contributed by atoms with Crippen molar-refractivity contribution >= 4 is 33.5 Å². The summed E-state index contributed by atoms with van der Waals surface area (Å²) in [6, 6.07) is 20.2. The van der Waals surface area contributed by atoms with Crippen molar-refractivity contribution in [1.29, 1.82) is 5.26 Å². The molecule has 0 aliphatic rings. The molecule has 0 radical (unpaired) electrons. The highest BCUT2D eigenvalue weighted by molar-refractivity contribution is 9.10. The molecule has 3 aromatic carbocycles. The van der Waals surface area contributed by atoms with E-state index in [0.717, 1.165) is 15.6 Å². The second kappa shape index (κ2) is 10.7. The fourth-order valence-corrected chi connectivity index (χ4v) is 3.45. The molecule has 0 bridgehead atoms. The number of halogens is 1. The van der Waals surface area contributed by atoms with Gasteiger partial charge in [-0.25, -0.2) is 4.79 Å². The van der Waals surface area contributed by atoms with E-state index in [1.54, 1.807) is 18.2 Å². The van der Waals surface area contributed by atoms with Crippen molar-refractivity contribution in [2.24, 2.45) is 0 Å². The molecular formula is C26H22BrNO4. The lowest BCUT2D eigenvalue weighted by Crippen LogP contribution is -2.00. The highest BCUT2D eigenvalue weighted by atomic mass is 79.9. The van der Waals surface area contributed by atoms with Gasteiger partial charge in [-0.2, -0.15) is 5.26 Å². The van der Waals surface area contributed by atoms with Crippen LogP contribution >= 0.6 is 15.9 Å². The monoisotopic (exact) mass is 491 g/mol. The van der Waals surface area contributed by atoms with Crippen LogP contribution in [-0.4, -0.2) is 17.7 Å². The summed E-state index contributed by atoms with van der Waals surface area (Å²) in [5, 5.41) is 18.7. The average Bonchev–Trinajstić information content (AvgIpc) is 2.79. The van der Waals surface area contributed by atoms with Gasteiger partial charge < -0.3 is 14.6 Å². The number of carbonyl (C=O) groups is 1. The first-order chi connectivity index (χ1) is 15.4. The number of ether oxygens (including phenoxy) is 2. The number of hydrogen-bond acceptors (Lipinski definition) is 4. The predicted octanol–water partition coefficient (Wildman–Crippen LogP) is 6.50. The molecule has 0 saturated carbocycles. The Balaban J connectivity index is 1.90. The average molecular weight is 492 g/mol. The van der Waals surface area contributed by atoms with E-state index in [-0.39, 0.29) is 5.56 Å². The van der Waals surface area contributed by atoms with E-state index in [1.807, 2.05) is 50.2 Å². The number of carboxylic acids is 1. The molecule has 0 saturated heterocycles. The van der Waals surface area contributed by atoms with Gasteiger partial charge in [-0.1, -0.05) is 57.9 Å². The number of aromatic carboxylic acids is 1. The van der Waals surface area contributed by atoms with Crippen molar-refractivity contribution in [2.45, 2.75) is 20.5 Å². The largest absolute Gasteiger partial charge is 0.490 e. The molecule has 6 heteroatoms. The summed E-state index contributed by atoms with van der Waals surface area (Å²) in [4.78, 5) is 11.1. The first-order valence-electron chi connectivity index (χ1n) is 10.0. The Morgan fingerprint density at radius 1 is 1.03 bits per heavy atom. The van der Waals surface area contributed by atoms with Crippen LogP contribution in [0.1, 0.15) is 39.5 Å². The molecule has 0 amide bonds. The van der Waals surface area contributed by atoms with Crippen LogP contribution in [0.15, 0.2) is 65.1 Å². The van der Waals surface area contributed by atoms with Crippen LogP contribution in [0.25, 0.3) is 11.6 Å². The second-order valence-corrected chi connectivity index (χ2v) is 7.93. The summed E-state index contributed by atoms with van der Waals surface area (Å²) in [5.41, 5.74) is 4.18. The quantitative estimate of drug-likeness (QED) is 0.287. The lowest BCUT2D eigenvalue weighted by Gasteiger charge is -2.14. The minimum absolute atomic E-state index is 0.168. The van der Waals surface area contributed by atoms with E-state index in [1.165, 1.54) is 17.7 Å². The molecule has 0 aromatic heterocycles. The molecule has 1 N–H and O–H groups in total. The second-order valence-electron chi connectivity index (χ2n) is 7.08. The maximum atomic E-state index is 11.1. The Morgan fingerprint density at radius 3 is 2.25 bits per heavy atom. The van der Waals surface area contributed by atoms with Crippen LogP contribution in [0.3, 0.4) is 0 Å². The summed E-state index contributed by atoms with van der Waals surface area (Å²) in [7, 11) is 0. The standard InChI is InChI=1S/C26H22BrNO4/c1-3-31-24-13-21(12-22(15-28)19-8-10-20(11-9-19)26(29)30)23(27)14-25(24)32-16-18-6-4-17(2)5-7-18/h4-14H,3,16H2,1-2H3,(H,29,30)/b22-12-. The van der Waals surface area contributed by atoms with E-state index >= 15 is 0 Å². The number of carboxylic acid groups (broad SMARTS) is 1. The molecule has 3 aromatic rings. The van der Waals surface area contributed by atoms with Gasteiger partial charge in [-0.3, -0.25) is 0 Å². The van der Waals surface area contributed by atoms with Gasteiger partial charge in [-0.05, 0) is 60.9 Å². The van der Waals surface area contributed by atoms with Gasteiger partial charge in [0, 0.05) is 4.47 Å². The van der Waals surface area contributed by atoms with Crippen molar-refractivity contribution in [2.75, 3.05) is 6.61 Å². The van der Waals surface area contributed by atoms with Crippen molar-refractivity contribution in [1.82, 2.24) is 0 Å². The van der Waals surface area contributed by atoms with E-state index in [9.17, 15) is 10.1 Å². The summed E-state index contributed by atoms with van der Waals surface area (Å²) in [6.45, 7) is 4.80. The minimum Gasteiger partial charge on any atom is -0.490 e. The number of allylic oxidation sites excluding steroid dienone is 1. The Morgan fingerprint density at radius 2 is 1.66 bits per heavy atom. The van der Waals surface area contributed by atoms with E-state index < -0.39 is 5.97 Å². The van der Waals surface area contributed by atoms with Crippen LogP contribution in [0.2, 0.25) is 0 Å². The SMILES string of the molecule is CCOc1cc(/C=C(/C#N)c2ccc(C(=O)O)cc2)c(Br)cc1OCc1ccc(C)cc1. The van der Waals surface area contributed by atoms with Crippen LogP contribution < -0.4 is 9.47 Å². The molecule has 0 fully saturated rings. The van der Waals surface area contributed by atoms with E-state index in [0.29, 0.717) is 35.8 Å². The number of aryl methyl sites for hydroxylation is 1. The molecule has 162 valence electrons. The third kappa shape index (κ3) is 5.77. The van der Waals surface area contributed by atoms with Crippen molar-refractivity contribution in [3.8, 4) is 17.6 Å². The van der Waals surface area contributed by atoms with Crippen molar-refractivity contribution in [3.63, 3.8) is 0 Å². The van der Waals surface area contributed by atoms with Crippen LogP contribution in [-0.2, 0) is 6.61 Å². The van der Waals surface area contributed by atoms with Crippen LogP contribution in [0.5, 0.6) is 11.5 Å². The van der Waals surface area contributed by atoms with Crippen molar-refractivity contribution in [3.05, 3.63) is 93.0 Å². The lowest BCUT2D eigenvalue weighted by atomic mass is 10.0. The van der Waals surface area contributed by atoms with Gasteiger partial charge >= 0.3 is 5.97 Å². The zero-order valence-corrected chi connectivity index (χ0v) is 19.3. The van der Waals surface area contributed by atoms with Gasteiger partial charge in [0.2, 0.25) is 0 Å². The minimum atomic E-state index is -1.01. The van der Waals surface area contributed by atoms with Crippen molar-refractivity contribution < 1.29 is 19.4 Å². The van der Waals surface area contributed by atoms with Gasteiger partial charge in [0.1, 0.15) is 6.61 Å². The smallest absolute Gasteiger partial charge is 0.335 e. The number of nitrogens with zero attached hydrogens (tertiary/aromatic N) is 1. The fourth-order valence-electron chi connectivity index (χ4n) is 3.02. The van der Waals surface area contributed by atoms with Gasteiger partial charge in [-0.15, -0.1) is 0 Å². The molecular weight excluding hydrogens is 470 g/mol. The first-order valence-corrected chi connectivity index (χ1v) is 10.8. The normalized spacial score (nSPS) is 11.0. The number of rotatable bonds is 8. The van der Waals surface area contributed by atoms with Gasteiger partial charge in [0.15, 0.2) is 11.5 Å².